The Morgan fingerprint density at radius 3 is 2.57 bits per heavy atom. The number of nitrogens with zero attached hydrogens (tertiary/aromatic N) is 1. The second-order valence-electron chi connectivity index (χ2n) is 6.64. The molecular weight excluding hydrogens is 399 g/mol. The quantitative estimate of drug-likeness (QED) is 0.662. The molecule has 1 aromatic heterocycles. The summed E-state index contributed by atoms with van der Waals surface area (Å²) >= 11 is 0. The maximum atomic E-state index is 12.4. The summed E-state index contributed by atoms with van der Waals surface area (Å²) in [5, 5.41) is 5.86. The highest BCUT2D eigenvalue weighted by atomic mass is 35.5. The molecule has 2 atom stereocenters. The van der Waals surface area contributed by atoms with Crippen LogP contribution in [0.2, 0.25) is 0 Å². The lowest BCUT2D eigenvalue weighted by atomic mass is 9.95. The molecule has 1 fully saturated rings. The second kappa shape index (κ2) is 11.6. The number of nitrogens with two attached hydrogens (primary N) is 1. The molecule has 1 aromatic carbocycles. The van der Waals surface area contributed by atoms with E-state index < -0.39 is 0 Å². The first kappa shape index (κ1) is 23.9. The van der Waals surface area contributed by atoms with Crippen molar-refractivity contribution in [2.24, 2.45) is 17.6 Å². The van der Waals surface area contributed by atoms with Crippen molar-refractivity contribution in [2.75, 3.05) is 11.9 Å². The minimum absolute atomic E-state index is 0. The van der Waals surface area contributed by atoms with Gasteiger partial charge in [0.05, 0.1) is 0 Å². The molecule has 1 saturated carbocycles. The van der Waals surface area contributed by atoms with Gasteiger partial charge in [0.25, 0.3) is 5.91 Å². The van der Waals surface area contributed by atoms with E-state index in [4.69, 9.17) is 5.73 Å². The van der Waals surface area contributed by atoms with Gasteiger partial charge in [0, 0.05) is 36.1 Å². The van der Waals surface area contributed by atoms with E-state index in [1.807, 2.05) is 24.3 Å². The predicted molar refractivity (Wildman–Crippen MR) is 115 cm³/mol. The predicted octanol–water partition coefficient (Wildman–Crippen LogP) is 3.17. The summed E-state index contributed by atoms with van der Waals surface area (Å²) in [6, 6.07) is 10.8. The van der Waals surface area contributed by atoms with Gasteiger partial charge in [-0.2, -0.15) is 0 Å². The standard InChI is InChI=1S/C20H24N4O2.2ClH/c21-12-16-4-2-6-18(16)20(26)23-13-14-3-1-5-17(11-14)24-19(25)15-7-9-22-10-8-15;;/h1,3,5,7-11,16,18H,2,4,6,12-13,21H2,(H,23,26)(H,24,25);2*1H/t16-,18-;;/m1../s1. The molecule has 0 bridgehead atoms. The van der Waals surface area contributed by atoms with Gasteiger partial charge in [-0.1, -0.05) is 18.6 Å². The van der Waals surface area contributed by atoms with Gasteiger partial charge in [-0.3, -0.25) is 14.6 Å². The van der Waals surface area contributed by atoms with Crippen molar-refractivity contribution in [3.63, 3.8) is 0 Å². The van der Waals surface area contributed by atoms with Crippen LogP contribution < -0.4 is 16.4 Å². The Hall–Kier alpha value is -2.15. The highest BCUT2D eigenvalue weighted by Gasteiger charge is 2.31. The number of benzene rings is 1. The third kappa shape index (κ3) is 6.19. The smallest absolute Gasteiger partial charge is 0.255 e. The number of halogens is 2. The molecule has 0 radical (unpaired) electrons. The van der Waals surface area contributed by atoms with Crippen molar-refractivity contribution in [1.29, 1.82) is 0 Å². The van der Waals surface area contributed by atoms with Gasteiger partial charge in [-0.05, 0) is 55.1 Å². The van der Waals surface area contributed by atoms with Crippen molar-refractivity contribution in [3.05, 3.63) is 59.9 Å². The molecule has 1 aliphatic rings. The van der Waals surface area contributed by atoms with Crippen LogP contribution in [0.1, 0.15) is 35.2 Å². The van der Waals surface area contributed by atoms with Gasteiger partial charge in [0.2, 0.25) is 5.91 Å². The number of amides is 2. The molecule has 2 aromatic rings. The Kier molecular flexibility index (Phi) is 9.93. The Balaban J connectivity index is 0.00000196. The molecule has 2 amide bonds. The van der Waals surface area contributed by atoms with Gasteiger partial charge >= 0.3 is 0 Å². The number of anilines is 1. The number of carbonyl (C=O) groups excluding carboxylic acids is 2. The lowest BCUT2D eigenvalue weighted by molar-refractivity contribution is -0.126. The van der Waals surface area contributed by atoms with Gasteiger partial charge < -0.3 is 16.4 Å². The van der Waals surface area contributed by atoms with E-state index in [2.05, 4.69) is 15.6 Å². The zero-order valence-corrected chi connectivity index (χ0v) is 17.1. The summed E-state index contributed by atoms with van der Waals surface area (Å²) < 4.78 is 0. The second-order valence-corrected chi connectivity index (χ2v) is 6.64. The number of hydrogen-bond acceptors (Lipinski definition) is 4. The largest absolute Gasteiger partial charge is 0.352 e. The first-order valence-electron chi connectivity index (χ1n) is 8.95. The van der Waals surface area contributed by atoms with Gasteiger partial charge in [0.15, 0.2) is 0 Å². The van der Waals surface area contributed by atoms with Gasteiger partial charge in [-0.15, -0.1) is 24.8 Å². The number of aromatic nitrogens is 1. The van der Waals surface area contributed by atoms with E-state index in [-0.39, 0.29) is 42.5 Å². The highest BCUT2D eigenvalue weighted by Crippen LogP contribution is 2.31. The average Bonchev–Trinajstić information content (AvgIpc) is 3.16. The van der Waals surface area contributed by atoms with Crippen LogP contribution in [0.5, 0.6) is 0 Å². The third-order valence-electron chi connectivity index (χ3n) is 4.89. The topological polar surface area (TPSA) is 97.1 Å². The molecule has 8 heteroatoms. The maximum Gasteiger partial charge on any atom is 0.255 e. The molecule has 0 unspecified atom stereocenters. The monoisotopic (exact) mass is 424 g/mol. The molecular formula is C20H26Cl2N4O2. The van der Waals surface area contributed by atoms with E-state index in [9.17, 15) is 9.59 Å². The zero-order valence-electron chi connectivity index (χ0n) is 15.5. The van der Waals surface area contributed by atoms with Crippen LogP contribution in [-0.2, 0) is 11.3 Å². The summed E-state index contributed by atoms with van der Waals surface area (Å²) in [6.45, 7) is 1.00. The van der Waals surface area contributed by atoms with Crippen molar-refractivity contribution in [3.8, 4) is 0 Å². The SMILES string of the molecule is Cl.Cl.NC[C@H]1CCC[C@H]1C(=O)NCc1cccc(NC(=O)c2ccncc2)c1. The van der Waals surface area contributed by atoms with Crippen molar-refractivity contribution in [1.82, 2.24) is 10.3 Å². The summed E-state index contributed by atoms with van der Waals surface area (Å²) in [6.07, 6.45) is 6.17. The Labute approximate surface area is 177 Å². The number of carbonyl (C=O) groups is 2. The molecule has 0 saturated heterocycles. The molecule has 3 rings (SSSR count). The molecule has 6 nitrogen and oxygen atoms in total. The summed E-state index contributed by atoms with van der Waals surface area (Å²) in [5.74, 6) is 0.199. The Morgan fingerprint density at radius 2 is 1.86 bits per heavy atom. The fraction of sp³-hybridized carbons (Fsp3) is 0.350. The molecule has 1 aliphatic carbocycles. The Morgan fingerprint density at radius 1 is 1.11 bits per heavy atom. The van der Waals surface area contributed by atoms with Crippen LogP contribution in [0.15, 0.2) is 48.8 Å². The summed E-state index contributed by atoms with van der Waals surface area (Å²) in [7, 11) is 0. The van der Waals surface area contributed by atoms with E-state index in [0.717, 1.165) is 24.8 Å². The van der Waals surface area contributed by atoms with Crippen LogP contribution in [0.3, 0.4) is 0 Å². The van der Waals surface area contributed by atoms with Crippen LogP contribution in [-0.4, -0.2) is 23.3 Å². The summed E-state index contributed by atoms with van der Waals surface area (Å²) in [5.41, 5.74) is 7.94. The molecule has 0 aliphatic heterocycles. The first-order chi connectivity index (χ1) is 12.7. The molecule has 1 heterocycles. The lowest BCUT2D eigenvalue weighted by Gasteiger charge is -2.17. The highest BCUT2D eigenvalue weighted by molar-refractivity contribution is 6.04. The van der Waals surface area contributed by atoms with E-state index in [0.29, 0.717) is 30.3 Å². The minimum atomic E-state index is -0.190. The van der Waals surface area contributed by atoms with Gasteiger partial charge in [-0.25, -0.2) is 0 Å². The lowest BCUT2D eigenvalue weighted by Crippen LogP contribution is -2.34. The average molecular weight is 425 g/mol. The molecule has 152 valence electrons. The van der Waals surface area contributed by atoms with E-state index in [1.54, 1.807) is 24.5 Å². The van der Waals surface area contributed by atoms with Crippen molar-refractivity contribution in [2.45, 2.75) is 25.8 Å². The molecule has 0 spiro atoms. The maximum absolute atomic E-state index is 12.4. The van der Waals surface area contributed by atoms with E-state index in [1.165, 1.54) is 0 Å². The van der Waals surface area contributed by atoms with Crippen LogP contribution in [0.25, 0.3) is 0 Å². The number of pyridine rings is 1. The molecule has 4 N–H and O–H groups in total. The summed E-state index contributed by atoms with van der Waals surface area (Å²) in [4.78, 5) is 28.5. The molecule has 28 heavy (non-hydrogen) atoms. The van der Waals surface area contributed by atoms with Crippen LogP contribution in [0.4, 0.5) is 5.69 Å². The van der Waals surface area contributed by atoms with Crippen molar-refractivity contribution < 1.29 is 9.59 Å². The third-order valence-corrected chi connectivity index (χ3v) is 4.89. The fourth-order valence-electron chi connectivity index (χ4n) is 3.45. The number of rotatable bonds is 6. The first-order valence-corrected chi connectivity index (χ1v) is 8.95. The van der Waals surface area contributed by atoms with E-state index >= 15 is 0 Å². The normalized spacial score (nSPS) is 17.8. The fourth-order valence-corrected chi connectivity index (χ4v) is 3.45. The zero-order chi connectivity index (χ0) is 18.4. The van der Waals surface area contributed by atoms with Crippen LogP contribution in [0, 0.1) is 11.8 Å². The van der Waals surface area contributed by atoms with Crippen LogP contribution >= 0.6 is 24.8 Å². The van der Waals surface area contributed by atoms with Crippen molar-refractivity contribution >= 4 is 42.3 Å². The van der Waals surface area contributed by atoms with Gasteiger partial charge in [0.1, 0.15) is 0 Å². The minimum Gasteiger partial charge on any atom is -0.352 e. The Bertz CT molecular complexity index is 774. The number of nitrogens with one attached hydrogen (secondary N) is 2. The number of hydrogen-bond donors (Lipinski definition) is 3.